The van der Waals surface area contributed by atoms with Crippen molar-refractivity contribution in [3.05, 3.63) is 23.8 Å². The van der Waals surface area contributed by atoms with Gasteiger partial charge in [-0.1, -0.05) is 19.4 Å². The number of nitrogens with one attached hydrogen (secondary N) is 1. The average Bonchev–Trinajstić information content (AvgIpc) is 2.49. The molecule has 0 aliphatic heterocycles. The molecule has 0 saturated carbocycles. The molecule has 1 aromatic carbocycles. The van der Waals surface area contributed by atoms with Gasteiger partial charge in [0.15, 0.2) is 0 Å². The normalized spacial score (nSPS) is 11.0. The average molecular weight is 307 g/mol. The highest BCUT2D eigenvalue weighted by molar-refractivity contribution is 5.59. The molecule has 0 spiro atoms. The van der Waals surface area contributed by atoms with Crippen LogP contribution < -0.4 is 15.0 Å². The number of ether oxygens (including phenoxy) is 1. The molecule has 0 amide bonds. The Hall–Kier alpha value is -1.26. The summed E-state index contributed by atoms with van der Waals surface area (Å²) >= 11 is 0. The lowest BCUT2D eigenvalue weighted by atomic mass is 10.1. The Kier molecular flexibility index (Phi) is 8.94. The quantitative estimate of drug-likeness (QED) is 0.636. The Morgan fingerprint density at radius 1 is 1.09 bits per heavy atom. The molecule has 0 fully saturated rings. The number of rotatable bonds is 11. The molecule has 0 unspecified atom stereocenters. The number of anilines is 1. The fourth-order valence-electron chi connectivity index (χ4n) is 2.31. The van der Waals surface area contributed by atoms with E-state index in [0.717, 1.165) is 31.9 Å². The van der Waals surface area contributed by atoms with Gasteiger partial charge in [-0.3, -0.25) is 0 Å². The maximum Gasteiger partial charge on any atom is 0.142 e. The van der Waals surface area contributed by atoms with E-state index in [4.69, 9.17) is 4.74 Å². The zero-order valence-electron chi connectivity index (χ0n) is 15.0. The first-order valence-corrected chi connectivity index (χ1v) is 8.40. The second kappa shape index (κ2) is 10.5. The van der Waals surface area contributed by atoms with Crippen molar-refractivity contribution in [3.8, 4) is 5.75 Å². The summed E-state index contributed by atoms with van der Waals surface area (Å²) in [4.78, 5) is 4.47. The molecule has 0 saturated heterocycles. The summed E-state index contributed by atoms with van der Waals surface area (Å²) in [7, 11) is 6.33. The second-order valence-electron chi connectivity index (χ2n) is 5.99. The maximum absolute atomic E-state index is 5.85. The third-order valence-corrected chi connectivity index (χ3v) is 3.65. The molecule has 4 heteroatoms. The van der Waals surface area contributed by atoms with E-state index in [-0.39, 0.29) is 0 Å². The summed E-state index contributed by atoms with van der Waals surface area (Å²) in [5.74, 6) is 0.994. The number of hydrogen-bond acceptors (Lipinski definition) is 4. The Bertz CT molecular complexity index is 421. The van der Waals surface area contributed by atoms with Gasteiger partial charge in [0, 0.05) is 33.2 Å². The minimum absolute atomic E-state index is 0.701. The first-order valence-electron chi connectivity index (χ1n) is 8.40. The predicted octanol–water partition coefficient (Wildman–Crippen LogP) is 2.97. The van der Waals surface area contributed by atoms with Crippen LogP contribution in [0.15, 0.2) is 18.2 Å². The molecule has 0 bridgehead atoms. The fourth-order valence-corrected chi connectivity index (χ4v) is 2.31. The Morgan fingerprint density at radius 3 is 2.50 bits per heavy atom. The number of nitrogens with zero attached hydrogens (tertiary/aromatic N) is 2. The molecule has 0 aliphatic rings. The van der Waals surface area contributed by atoms with Gasteiger partial charge in [0.1, 0.15) is 5.75 Å². The van der Waals surface area contributed by atoms with Crippen molar-refractivity contribution in [1.82, 2.24) is 10.2 Å². The van der Waals surface area contributed by atoms with Crippen LogP contribution in [0.5, 0.6) is 5.75 Å². The Morgan fingerprint density at radius 2 is 1.86 bits per heavy atom. The molecule has 126 valence electrons. The molecular formula is C18H33N3O. The summed E-state index contributed by atoms with van der Waals surface area (Å²) < 4.78 is 5.85. The van der Waals surface area contributed by atoms with Gasteiger partial charge in [0.05, 0.1) is 12.3 Å². The largest absolute Gasteiger partial charge is 0.492 e. The maximum atomic E-state index is 5.85. The third kappa shape index (κ3) is 6.67. The molecular weight excluding hydrogens is 274 g/mol. The minimum atomic E-state index is 0.701. The van der Waals surface area contributed by atoms with Crippen LogP contribution in [0.1, 0.15) is 32.3 Å². The standard InChI is InChI=1S/C18H33N3O/c1-6-8-12-21(5)17-10-9-16(14-18(17)22-7-2)15-19-11-13-20(3)4/h9-10,14,19H,6-8,11-13,15H2,1-5H3. The highest BCUT2D eigenvalue weighted by atomic mass is 16.5. The van der Waals surface area contributed by atoms with E-state index in [1.54, 1.807) is 0 Å². The lowest BCUT2D eigenvalue weighted by Gasteiger charge is -2.23. The first kappa shape index (κ1) is 18.8. The van der Waals surface area contributed by atoms with Crippen LogP contribution in [0.2, 0.25) is 0 Å². The Balaban J connectivity index is 2.67. The van der Waals surface area contributed by atoms with Crippen molar-refractivity contribution in [2.45, 2.75) is 33.2 Å². The summed E-state index contributed by atoms with van der Waals surface area (Å²) in [6.07, 6.45) is 2.41. The number of benzene rings is 1. The molecule has 1 N–H and O–H groups in total. The van der Waals surface area contributed by atoms with Gasteiger partial charge in [-0.25, -0.2) is 0 Å². The summed E-state index contributed by atoms with van der Waals surface area (Å²) in [6.45, 7) is 8.96. The topological polar surface area (TPSA) is 27.7 Å². The van der Waals surface area contributed by atoms with Gasteiger partial charge >= 0.3 is 0 Å². The highest BCUT2D eigenvalue weighted by Crippen LogP contribution is 2.29. The SMILES string of the molecule is CCCCN(C)c1ccc(CNCCN(C)C)cc1OCC. The number of hydrogen-bond donors (Lipinski definition) is 1. The van der Waals surface area contributed by atoms with Crippen molar-refractivity contribution in [2.24, 2.45) is 0 Å². The highest BCUT2D eigenvalue weighted by Gasteiger charge is 2.09. The van der Waals surface area contributed by atoms with E-state index in [1.165, 1.54) is 24.1 Å². The van der Waals surface area contributed by atoms with Crippen LogP contribution >= 0.6 is 0 Å². The van der Waals surface area contributed by atoms with Crippen LogP contribution in [0.3, 0.4) is 0 Å². The molecule has 0 aliphatic carbocycles. The zero-order chi connectivity index (χ0) is 16.4. The van der Waals surface area contributed by atoms with Crippen LogP contribution in [0, 0.1) is 0 Å². The molecule has 0 radical (unpaired) electrons. The predicted molar refractivity (Wildman–Crippen MR) is 96.0 cm³/mol. The van der Waals surface area contributed by atoms with Crippen LogP contribution in [0.4, 0.5) is 5.69 Å². The van der Waals surface area contributed by atoms with Crippen LogP contribution in [0.25, 0.3) is 0 Å². The smallest absolute Gasteiger partial charge is 0.142 e. The van der Waals surface area contributed by atoms with Crippen LogP contribution in [-0.4, -0.2) is 52.3 Å². The molecule has 4 nitrogen and oxygen atoms in total. The lowest BCUT2D eigenvalue weighted by molar-refractivity contribution is 0.340. The number of likely N-dealkylation sites (N-methyl/N-ethyl adjacent to an activating group) is 1. The van der Waals surface area contributed by atoms with Gasteiger partial charge in [0.25, 0.3) is 0 Å². The first-order chi connectivity index (χ1) is 10.6. The van der Waals surface area contributed by atoms with E-state index in [1.807, 2.05) is 6.92 Å². The summed E-state index contributed by atoms with van der Waals surface area (Å²) in [6, 6.07) is 6.55. The molecule has 0 aromatic heterocycles. The molecule has 22 heavy (non-hydrogen) atoms. The van der Waals surface area contributed by atoms with Gasteiger partial charge in [-0.15, -0.1) is 0 Å². The second-order valence-corrected chi connectivity index (χ2v) is 5.99. The van der Waals surface area contributed by atoms with Crippen molar-refractivity contribution in [1.29, 1.82) is 0 Å². The monoisotopic (exact) mass is 307 g/mol. The van der Waals surface area contributed by atoms with Crippen molar-refractivity contribution < 1.29 is 4.74 Å². The Labute approximate surface area is 136 Å². The van der Waals surface area contributed by atoms with Gasteiger partial charge < -0.3 is 19.9 Å². The van der Waals surface area contributed by atoms with Gasteiger partial charge in [0.2, 0.25) is 0 Å². The molecule has 0 atom stereocenters. The van der Waals surface area contributed by atoms with Crippen LogP contribution in [-0.2, 0) is 6.54 Å². The summed E-state index contributed by atoms with van der Waals surface area (Å²) in [5, 5.41) is 3.47. The van der Waals surface area contributed by atoms with E-state index >= 15 is 0 Å². The molecule has 1 aromatic rings. The molecule has 1 rings (SSSR count). The van der Waals surface area contributed by atoms with Crippen molar-refractivity contribution in [3.63, 3.8) is 0 Å². The summed E-state index contributed by atoms with van der Waals surface area (Å²) in [5.41, 5.74) is 2.46. The fraction of sp³-hybridized carbons (Fsp3) is 0.667. The van der Waals surface area contributed by atoms with E-state index in [0.29, 0.717) is 6.61 Å². The zero-order valence-corrected chi connectivity index (χ0v) is 15.0. The number of unbranched alkanes of at least 4 members (excludes halogenated alkanes) is 1. The van der Waals surface area contributed by atoms with Gasteiger partial charge in [-0.2, -0.15) is 0 Å². The van der Waals surface area contributed by atoms with Gasteiger partial charge in [-0.05, 0) is 45.1 Å². The molecule has 0 heterocycles. The third-order valence-electron chi connectivity index (χ3n) is 3.65. The van der Waals surface area contributed by atoms with E-state index < -0.39 is 0 Å². The van der Waals surface area contributed by atoms with Crippen molar-refractivity contribution >= 4 is 5.69 Å². The lowest BCUT2D eigenvalue weighted by Crippen LogP contribution is -2.26. The van der Waals surface area contributed by atoms with E-state index in [9.17, 15) is 0 Å². The van der Waals surface area contributed by atoms with E-state index in [2.05, 4.69) is 61.4 Å². The van der Waals surface area contributed by atoms with Crippen molar-refractivity contribution in [2.75, 3.05) is 52.3 Å². The minimum Gasteiger partial charge on any atom is -0.492 e.